The zero-order valence-corrected chi connectivity index (χ0v) is 6.30. The Balaban J connectivity index is 2.34. The third-order valence-electron chi connectivity index (χ3n) is 1.90. The summed E-state index contributed by atoms with van der Waals surface area (Å²) in [4.78, 5) is 0. The molecule has 1 aliphatic heterocycles. The fourth-order valence-corrected chi connectivity index (χ4v) is 1.71. The smallest absolute Gasteiger partial charge is 0.0154 e. The summed E-state index contributed by atoms with van der Waals surface area (Å²) < 4.78 is 0. The fourth-order valence-electron chi connectivity index (χ4n) is 1.71. The van der Waals surface area contributed by atoms with Crippen LogP contribution in [0.3, 0.4) is 0 Å². The number of rotatable bonds is 0. The van der Waals surface area contributed by atoms with Gasteiger partial charge >= 0.3 is 0 Å². The summed E-state index contributed by atoms with van der Waals surface area (Å²) in [5.74, 6) is 7.23. The van der Waals surface area contributed by atoms with Gasteiger partial charge in [-0.3, -0.25) is 5.84 Å². The lowest BCUT2D eigenvalue weighted by atomic mass is 9.93. The average molecular weight is 128 g/mol. The second-order valence-corrected chi connectivity index (χ2v) is 3.40. The Morgan fingerprint density at radius 3 is 2.00 bits per heavy atom. The summed E-state index contributed by atoms with van der Waals surface area (Å²) >= 11 is 0. The molecule has 2 N–H and O–H groups in total. The first kappa shape index (κ1) is 7.03. The van der Waals surface area contributed by atoms with E-state index in [1.807, 2.05) is 5.01 Å². The Hall–Kier alpha value is -0.0800. The van der Waals surface area contributed by atoms with Gasteiger partial charge in [-0.2, -0.15) is 0 Å². The van der Waals surface area contributed by atoms with E-state index in [0.29, 0.717) is 0 Å². The van der Waals surface area contributed by atoms with Gasteiger partial charge in [0, 0.05) is 13.1 Å². The van der Waals surface area contributed by atoms with E-state index in [4.69, 9.17) is 5.84 Å². The molecule has 0 aromatic heterocycles. The number of hydrogen-bond donors (Lipinski definition) is 1. The molecule has 1 heterocycles. The van der Waals surface area contributed by atoms with Crippen LogP contribution in [0.2, 0.25) is 0 Å². The highest BCUT2D eigenvalue weighted by atomic mass is 15.4. The Labute approximate surface area is 57.0 Å². The molecule has 1 fully saturated rings. The molecule has 2 atom stereocenters. The topological polar surface area (TPSA) is 29.3 Å². The minimum Gasteiger partial charge on any atom is -0.269 e. The lowest BCUT2D eigenvalue weighted by molar-refractivity contribution is 0.143. The maximum absolute atomic E-state index is 5.65. The first-order chi connectivity index (χ1) is 4.18. The van der Waals surface area contributed by atoms with Crippen LogP contribution in [0.4, 0.5) is 0 Å². The van der Waals surface area contributed by atoms with Crippen LogP contribution in [0.1, 0.15) is 20.3 Å². The second kappa shape index (κ2) is 2.67. The van der Waals surface area contributed by atoms with Crippen LogP contribution < -0.4 is 5.84 Å². The number of hydrazine groups is 1. The van der Waals surface area contributed by atoms with Crippen molar-refractivity contribution in [2.24, 2.45) is 17.7 Å². The average Bonchev–Trinajstić information content (AvgIpc) is 1.59. The molecule has 2 heteroatoms. The summed E-state index contributed by atoms with van der Waals surface area (Å²) in [6.45, 7) is 6.67. The van der Waals surface area contributed by atoms with Crippen molar-refractivity contribution in [3.8, 4) is 0 Å². The molecule has 54 valence electrons. The van der Waals surface area contributed by atoms with Gasteiger partial charge in [-0.1, -0.05) is 13.8 Å². The van der Waals surface area contributed by atoms with Gasteiger partial charge in [-0.05, 0) is 18.3 Å². The SMILES string of the molecule is C[C@@H]1C[C@H](C)CN(N)C1. The number of piperidine rings is 1. The van der Waals surface area contributed by atoms with Gasteiger partial charge < -0.3 is 0 Å². The maximum Gasteiger partial charge on any atom is 0.0154 e. The molecule has 1 rings (SSSR count). The molecule has 0 aliphatic carbocycles. The number of nitrogens with two attached hydrogens (primary N) is 1. The third kappa shape index (κ3) is 1.95. The van der Waals surface area contributed by atoms with Crippen molar-refractivity contribution in [3.63, 3.8) is 0 Å². The molecule has 0 bridgehead atoms. The van der Waals surface area contributed by atoms with Gasteiger partial charge in [-0.15, -0.1) is 0 Å². The van der Waals surface area contributed by atoms with E-state index in [2.05, 4.69) is 13.8 Å². The van der Waals surface area contributed by atoms with Crippen molar-refractivity contribution in [3.05, 3.63) is 0 Å². The zero-order chi connectivity index (χ0) is 6.85. The van der Waals surface area contributed by atoms with Crippen LogP contribution in [0.5, 0.6) is 0 Å². The highest BCUT2D eigenvalue weighted by molar-refractivity contribution is 4.70. The third-order valence-corrected chi connectivity index (χ3v) is 1.90. The van der Waals surface area contributed by atoms with Crippen LogP contribution in [0.15, 0.2) is 0 Å². The molecule has 1 aliphatic rings. The van der Waals surface area contributed by atoms with Crippen molar-refractivity contribution in [2.75, 3.05) is 13.1 Å². The molecular weight excluding hydrogens is 112 g/mol. The largest absolute Gasteiger partial charge is 0.269 e. The first-order valence-electron chi connectivity index (χ1n) is 3.68. The minimum atomic E-state index is 0.791. The number of nitrogens with zero attached hydrogens (tertiary/aromatic N) is 1. The summed E-state index contributed by atoms with van der Waals surface area (Å²) in [5.41, 5.74) is 0. The molecule has 0 aromatic rings. The molecule has 0 spiro atoms. The van der Waals surface area contributed by atoms with E-state index >= 15 is 0 Å². The van der Waals surface area contributed by atoms with Crippen LogP contribution in [-0.4, -0.2) is 18.1 Å². The molecule has 0 unspecified atom stereocenters. The highest BCUT2D eigenvalue weighted by Gasteiger charge is 2.18. The predicted molar refractivity (Wildman–Crippen MR) is 38.7 cm³/mol. The van der Waals surface area contributed by atoms with Gasteiger partial charge in [0.1, 0.15) is 0 Å². The second-order valence-electron chi connectivity index (χ2n) is 3.40. The van der Waals surface area contributed by atoms with Crippen molar-refractivity contribution in [1.82, 2.24) is 5.01 Å². The fraction of sp³-hybridized carbons (Fsp3) is 1.00. The van der Waals surface area contributed by atoms with E-state index in [0.717, 1.165) is 24.9 Å². The van der Waals surface area contributed by atoms with Gasteiger partial charge in [0.2, 0.25) is 0 Å². The van der Waals surface area contributed by atoms with E-state index in [9.17, 15) is 0 Å². The Morgan fingerprint density at radius 2 is 1.67 bits per heavy atom. The number of hydrogen-bond acceptors (Lipinski definition) is 2. The van der Waals surface area contributed by atoms with Gasteiger partial charge in [0.25, 0.3) is 0 Å². The Morgan fingerprint density at radius 1 is 1.22 bits per heavy atom. The van der Waals surface area contributed by atoms with Crippen molar-refractivity contribution in [2.45, 2.75) is 20.3 Å². The lowest BCUT2D eigenvalue weighted by Crippen LogP contribution is -2.43. The molecule has 0 radical (unpaired) electrons. The van der Waals surface area contributed by atoms with E-state index in [1.54, 1.807) is 0 Å². The maximum atomic E-state index is 5.65. The van der Waals surface area contributed by atoms with E-state index in [1.165, 1.54) is 6.42 Å². The van der Waals surface area contributed by atoms with Crippen LogP contribution >= 0.6 is 0 Å². The highest BCUT2D eigenvalue weighted by Crippen LogP contribution is 2.17. The Bertz CT molecular complexity index is 67.9. The van der Waals surface area contributed by atoms with Crippen LogP contribution in [0, 0.1) is 11.8 Å². The summed E-state index contributed by atoms with van der Waals surface area (Å²) in [6.07, 6.45) is 1.34. The normalized spacial score (nSPS) is 39.0. The standard InChI is InChI=1S/C7H16N2/c1-6-3-7(2)5-9(8)4-6/h6-7H,3-5,8H2,1-2H3/t6-,7+. The molecular formula is C7H16N2. The van der Waals surface area contributed by atoms with Gasteiger partial charge in [-0.25, -0.2) is 5.01 Å². The van der Waals surface area contributed by atoms with Crippen LogP contribution in [0.25, 0.3) is 0 Å². The minimum absolute atomic E-state index is 0.791. The molecule has 0 saturated carbocycles. The summed E-state index contributed by atoms with van der Waals surface area (Å²) in [7, 11) is 0. The Kier molecular flexibility index (Phi) is 2.09. The van der Waals surface area contributed by atoms with Gasteiger partial charge in [0.15, 0.2) is 0 Å². The molecule has 1 saturated heterocycles. The van der Waals surface area contributed by atoms with Gasteiger partial charge in [0.05, 0.1) is 0 Å². The summed E-state index contributed by atoms with van der Waals surface area (Å²) in [5, 5.41) is 1.93. The summed E-state index contributed by atoms with van der Waals surface area (Å²) in [6, 6.07) is 0. The first-order valence-corrected chi connectivity index (χ1v) is 3.68. The van der Waals surface area contributed by atoms with E-state index < -0.39 is 0 Å². The molecule has 0 aromatic carbocycles. The van der Waals surface area contributed by atoms with Crippen molar-refractivity contribution < 1.29 is 0 Å². The molecule has 9 heavy (non-hydrogen) atoms. The monoisotopic (exact) mass is 128 g/mol. The van der Waals surface area contributed by atoms with E-state index in [-0.39, 0.29) is 0 Å². The quantitative estimate of drug-likeness (QED) is 0.490. The molecule has 2 nitrogen and oxygen atoms in total. The predicted octanol–water partition coefficient (Wildman–Crippen LogP) is 0.838. The van der Waals surface area contributed by atoms with Crippen molar-refractivity contribution >= 4 is 0 Å². The van der Waals surface area contributed by atoms with Crippen LogP contribution in [-0.2, 0) is 0 Å². The lowest BCUT2D eigenvalue weighted by Gasteiger charge is -2.31. The molecule has 0 amide bonds. The zero-order valence-electron chi connectivity index (χ0n) is 6.30. The van der Waals surface area contributed by atoms with Crippen molar-refractivity contribution in [1.29, 1.82) is 0 Å².